The van der Waals surface area contributed by atoms with Crippen LogP contribution in [-0.2, 0) is 6.42 Å². The van der Waals surface area contributed by atoms with Gasteiger partial charge in [0.2, 0.25) is 0 Å². The molecule has 1 aliphatic heterocycles. The van der Waals surface area contributed by atoms with Crippen molar-refractivity contribution in [3.05, 3.63) is 71.5 Å². The molecule has 0 spiro atoms. The maximum Gasteiger partial charge on any atom is 0.134 e. The minimum absolute atomic E-state index is 0.203. The lowest BCUT2D eigenvalue weighted by atomic mass is 9.87. The summed E-state index contributed by atoms with van der Waals surface area (Å²) in [6.07, 6.45) is 3.70. The van der Waals surface area contributed by atoms with Crippen LogP contribution in [0.15, 0.2) is 59.0 Å². The lowest BCUT2D eigenvalue weighted by molar-refractivity contribution is 0.353. The van der Waals surface area contributed by atoms with Crippen LogP contribution in [0.25, 0.3) is 11.0 Å². The number of benzene rings is 2. The second-order valence-electron chi connectivity index (χ2n) is 7.50. The van der Waals surface area contributed by atoms with Crippen molar-refractivity contribution < 1.29 is 4.42 Å². The van der Waals surface area contributed by atoms with Gasteiger partial charge in [0.15, 0.2) is 0 Å². The molecule has 3 N–H and O–H groups in total. The van der Waals surface area contributed by atoms with Crippen molar-refractivity contribution in [3.8, 4) is 0 Å². The van der Waals surface area contributed by atoms with Crippen molar-refractivity contribution in [3.63, 3.8) is 0 Å². The van der Waals surface area contributed by atoms with Crippen LogP contribution in [-0.4, -0.2) is 13.1 Å². The molecule has 0 radical (unpaired) electrons. The summed E-state index contributed by atoms with van der Waals surface area (Å²) in [7, 11) is 0. The molecule has 2 aromatic carbocycles. The number of hydrogen-bond acceptors (Lipinski definition) is 4. The molecular weight excluding hydrogens is 322 g/mol. The van der Waals surface area contributed by atoms with E-state index in [4.69, 9.17) is 4.42 Å². The number of para-hydroxylation sites is 1. The molecule has 26 heavy (non-hydrogen) atoms. The number of aryl methyl sites for hydroxylation is 1. The van der Waals surface area contributed by atoms with Gasteiger partial charge in [-0.1, -0.05) is 42.5 Å². The van der Waals surface area contributed by atoms with Crippen LogP contribution in [0.4, 0.5) is 0 Å². The van der Waals surface area contributed by atoms with Crippen molar-refractivity contribution in [1.29, 1.82) is 0 Å². The Morgan fingerprint density at radius 3 is 2.92 bits per heavy atom. The average molecular weight is 347 g/mol. The van der Waals surface area contributed by atoms with E-state index in [1.54, 1.807) is 0 Å². The predicted molar refractivity (Wildman–Crippen MR) is 104 cm³/mol. The van der Waals surface area contributed by atoms with Crippen molar-refractivity contribution in [2.45, 2.75) is 31.3 Å². The quantitative estimate of drug-likeness (QED) is 0.671. The molecule has 3 atom stereocenters. The maximum atomic E-state index is 6.10. The Bertz CT molecular complexity index is 870. The molecule has 0 amide bonds. The first-order valence-electron chi connectivity index (χ1n) is 9.66. The molecule has 3 unspecified atom stereocenters. The summed E-state index contributed by atoms with van der Waals surface area (Å²) < 4.78 is 6.10. The van der Waals surface area contributed by atoms with Gasteiger partial charge in [0.05, 0.1) is 6.04 Å². The molecule has 4 nitrogen and oxygen atoms in total. The number of furan rings is 1. The maximum absolute atomic E-state index is 6.10. The van der Waals surface area contributed by atoms with Crippen LogP contribution >= 0.6 is 0 Å². The monoisotopic (exact) mass is 347 g/mol. The zero-order chi connectivity index (χ0) is 17.3. The fraction of sp³-hybridized carbons (Fsp3) is 0.364. The summed E-state index contributed by atoms with van der Waals surface area (Å²) in [5, 5.41) is 5.00. The van der Waals surface area contributed by atoms with Gasteiger partial charge in [-0.25, -0.2) is 5.43 Å². The molecule has 5 rings (SSSR count). The SMILES string of the molecule is c1ccc2c(c1)CCCC2NCC1CNNC1c1cc2ccccc2o1. The largest absolute Gasteiger partial charge is 0.459 e. The molecule has 4 heteroatoms. The lowest BCUT2D eigenvalue weighted by Crippen LogP contribution is -2.32. The molecule has 3 aromatic rings. The fourth-order valence-corrected chi connectivity index (χ4v) is 4.44. The standard InChI is InChI=1S/C22H25N3O/c1-3-9-18-15(6-1)8-5-10-19(18)23-13-17-14-24-25-22(17)21-12-16-7-2-4-11-20(16)26-21/h1-4,6-7,9,11-12,17,19,22-25H,5,8,10,13-14H2. The molecule has 1 aliphatic carbocycles. The van der Waals surface area contributed by atoms with Gasteiger partial charge in [-0.05, 0) is 42.5 Å². The highest BCUT2D eigenvalue weighted by Gasteiger charge is 2.31. The Morgan fingerprint density at radius 2 is 1.96 bits per heavy atom. The van der Waals surface area contributed by atoms with Gasteiger partial charge in [-0.2, -0.15) is 0 Å². The third kappa shape index (κ3) is 2.94. The zero-order valence-corrected chi connectivity index (χ0v) is 14.9. The Balaban J connectivity index is 1.31. The van der Waals surface area contributed by atoms with E-state index in [0.29, 0.717) is 12.0 Å². The average Bonchev–Trinajstić information content (AvgIpc) is 3.32. The van der Waals surface area contributed by atoms with Crippen molar-refractivity contribution in [1.82, 2.24) is 16.2 Å². The molecule has 2 aliphatic rings. The van der Waals surface area contributed by atoms with Crippen molar-refractivity contribution >= 4 is 11.0 Å². The highest BCUT2D eigenvalue weighted by atomic mass is 16.3. The third-order valence-electron chi connectivity index (χ3n) is 5.84. The molecule has 0 saturated carbocycles. The second-order valence-corrected chi connectivity index (χ2v) is 7.50. The lowest BCUT2D eigenvalue weighted by Gasteiger charge is -2.28. The smallest absolute Gasteiger partial charge is 0.134 e. The summed E-state index contributed by atoms with van der Waals surface area (Å²) >= 11 is 0. The predicted octanol–water partition coefficient (Wildman–Crippen LogP) is 3.87. The van der Waals surface area contributed by atoms with Crippen LogP contribution in [0.2, 0.25) is 0 Å². The minimum Gasteiger partial charge on any atom is -0.459 e. The summed E-state index contributed by atoms with van der Waals surface area (Å²) in [5.41, 5.74) is 10.7. The fourth-order valence-electron chi connectivity index (χ4n) is 4.44. The van der Waals surface area contributed by atoms with E-state index >= 15 is 0 Å². The number of hydrazine groups is 1. The van der Waals surface area contributed by atoms with E-state index in [-0.39, 0.29) is 6.04 Å². The molecule has 1 aromatic heterocycles. The molecule has 2 heterocycles. The topological polar surface area (TPSA) is 49.2 Å². The van der Waals surface area contributed by atoms with Crippen molar-refractivity contribution in [2.24, 2.45) is 5.92 Å². The number of fused-ring (bicyclic) bond motifs is 2. The number of nitrogens with one attached hydrogen (secondary N) is 3. The van der Waals surface area contributed by atoms with Crippen molar-refractivity contribution in [2.75, 3.05) is 13.1 Å². The summed E-state index contributed by atoms with van der Waals surface area (Å²) in [6.45, 7) is 1.92. The van der Waals surface area contributed by atoms with E-state index in [2.05, 4.69) is 58.6 Å². The van der Waals surface area contributed by atoms with Crippen LogP contribution in [0.5, 0.6) is 0 Å². The van der Waals surface area contributed by atoms with E-state index in [1.165, 1.54) is 35.8 Å². The Labute approximate surface area is 153 Å². The highest BCUT2D eigenvalue weighted by Crippen LogP contribution is 2.32. The van der Waals surface area contributed by atoms with Crippen LogP contribution < -0.4 is 16.2 Å². The first kappa shape index (κ1) is 16.1. The molecular formula is C22H25N3O. The van der Waals surface area contributed by atoms with E-state index in [9.17, 15) is 0 Å². The van der Waals surface area contributed by atoms with Crippen LogP contribution in [0, 0.1) is 5.92 Å². The van der Waals surface area contributed by atoms with Crippen LogP contribution in [0.3, 0.4) is 0 Å². The Hall–Kier alpha value is -2.14. The summed E-state index contributed by atoms with van der Waals surface area (Å²) in [4.78, 5) is 0. The van der Waals surface area contributed by atoms with Gasteiger partial charge in [-0.3, -0.25) is 5.43 Å². The number of rotatable bonds is 4. The highest BCUT2D eigenvalue weighted by molar-refractivity contribution is 5.77. The first-order valence-corrected chi connectivity index (χ1v) is 9.66. The van der Waals surface area contributed by atoms with E-state index < -0.39 is 0 Å². The molecule has 0 bridgehead atoms. The van der Waals surface area contributed by atoms with Gasteiger partial charge >= 0.3 is 0 Å². The third-order valence-corrected chi connectivity index (χ3v) is 5.84. The first-order chi connectivity index (χ1) is 12.9. The van der Waals surface area contributed by atoms with E-state index in [0.717, 1.165) is 24.4 Å². The molecule has 1 saturated heterocycles. The van der Waals surface area contributed by atoms with E-state index in [1.807, 2.05) is 12.1 Å². The van der Waals surface area contributed by atoms with Gasteiger partial charge in [-0.15, -0.1) is 0 Å². The van der Waals surface area contributed by atoms with Gasteiger partial charge < -0.3 is 9.73 Å². The Morgan fingerprint density at radius 1 is 1.08 bits per heavy atom. The summed E-state index contributed by atoms with van der Waals surface area (Å²) in [5.74, 6) is 1.48. The molecule has 134 valence electrons. The minimum atomic E-state index is 0.203. The molecule has 1 fully saturated rings. The van der Waals surface area contributed by atoms with Crippen LogP contribution in [0.1, 0.15) is 41.8 Å². The van der Waals surface area contributed by atoms with Gasteiger partial charge in [0.25, 0.3) is 0 Å². The van der Waals surface area contributed by atoms with Gasteiger partial charge in [0.1, 0.15) is 11.3 Å². The normalized spacial score (nSPS) is 25.5. The second kappa shape index (κ2) is 6.88. The summed E-state index contributed by atoms with van der Waals surface area (Å²) in [6, 6.07) is 19.9. The zero-order valence-electron chi connectivity index (χ0n) is 14.9. The Kier molecular flexibility index (Phi) is 4.25. The number of hydrogen-bond donors (Lipinski definition) is 3. The van der Waals surface area contributed by atoms with Gasteiger partial charge in [0, 0.05) is 30.4 Å².